The second kappa shape index (κ2) is 5.31. The fourth-order valence-corrected chi connectivity index (χ4v) is 5.29. The summed E-state index contributed by atoms with van der Waals surface area (Å²) in [5, 5.41) is 10.2. The highest BCUT2D eigenvalue weighted by atomic mass is 32.2. The van der Waals surface area contributed by atoms with Gasteiger partial charge < -0.3 is 5.11 Å². The number of aliphatic hydroxyl groups is 1. The Morgan fingerprint density at radius 1 is 1.21 bits per heavy atom. The zero-order valence-corrected chi connectivity index (χ0v) is 12.1. The molecule has 3 fully saturated rings. The van der Waals surface area contributed by atoms with Gasteiger partial charge in [0, 0.05) is 31.7 Å². The molecule has 1 unspecified atom stereocenters. The summed E-state index contributed by atoms with van der Waals surface area (Å²) in [5.41, 5.74) is 0. The van der Waals surface area contributed by atoms with E-state index in [-0.39, 0.29) is 12.3 Å². The lowest BCUT2D eigenvalue weighted by Gasteiger charge is -2.36. The van der Waals surface area contributed by atoms with Crippen molar-refractivity contribution in [2.75, 3.05) is 25.4 Å². The minimum Gasteiger partial charge on any atom is -0.390 e. The molecule has 3 aliphatic heterocycles. The fraction of sp³-hybridized carbons (Fsp3) is 0.923. The van der Waals surface area contributed by atoms with Gasteiger partial charge in [0.2, 0.25) is 10.0 Å². The molecule has 0 aromatic rings. The molecule has 0 amide bonds. The number of piperidine rings is 1. The third-order valence-corrected chi connectivity index (χ3v) is 6.61. The summed E-state index contributed by atoms with van der Waals surface area (Å²) < 4.78 is 24.9. The van der Waals surface area contributed by atoms with E-state index in [0.717, 1.165) is 12.8 Å². The molecule has 3 rings (SSSR count). The molecule has 19 heavy (non-hydrogen) atoms. The van der Waals surface area contributed by atoms with Crippen molar-refractivity contribution in [2.45, 2.75) is 50.3 Å². The van der Waals surface area contributed by atoms with Gasteiger partial charge in [-0.1, -0.05) is 0 Å². The van der Waals surface area contributed by atoms with E-state index in [2.05, 4.69) is 11.3 Å². The van der Waals surface area contributed by atoms with E-state index >= 15 is 0 Å². The maximum atomic E-state index is 11.7. The van der Waals surface area contributed by atoms with E-state index in [1.807, 2.05) is 0 Å². The topological polar surface area (TPSA) is 60.9 Å². The van der Waals surface area contributed by atoms with Gasteiger partial charge in [-0.05, 0) is 38.5 Å². The van der Waals surface area contributed by atoms with Crippen molar-refractivity contribution in [3.63, 3.8) is 0 Å². The van der Waals surface area contributed by atoms with Gasteiger partial charge in [-0.3, -0.25) is 4.90 Å². The maximum absolute atomic E-state index is 11.7. The standard InChI is InChI=1S/C13H23N2O3S/c16-13(9-14-7-2-8-19(14,17)18)10-15-11-3-1-4-12(15)6-5-11/h1,11-13,16H,2-10H2/t11-,12+,13?. The molecule has 2 bridgehead atoms. The Kier molecular flexibility index (Phi) is 3.86. The summed E-state index contributed by atoms with van der Waals surface area (Å²) >= 11 is 0. The van der Waals surface area contributed by atoms with Gasteiger partial charge in [-0.15, -0.1) is 0 Å². The van der Waals surface area contributed by atoms with Gasteiger partial charge >= 0.3 is 0 Å². The molecule has 0 aliphatic carbocycles. The average molecular weight is 287 g/mol. The van der Waals surface area contributed by atoms with Crippen LogP contribution in [0, 0.1) is 6.42 Å². The second-order valence-electron chi connectivity index (χ2n) is 6.02. The van der Waals surface area contributed by atoms with Crippen LogP contribution in [-0.2, 0) is 10.0 Å². The molecule has 6 heteroatoms. The van der Waals surface area contributed by atoms with E-state index in [4.69, 9.17) is 0 Å². The van der Waals surface area contributed by atoms with Crippen LogP contribution in [0.3, 0.4) is 0 Å². The highest BCUT2D eigenvalue weighted by Crippen LogP contribution is 2.34. The summed E-state index contributed by atoms with van der Waals surface area (Å²) in [6.07, 6.45) is 7.16. The zero-order chi connectivity index (χ0) is 13.5. The third kappa shape index (κ3) is 2.82. The van der Waals surface area contributed by atoms with Crippen molar-refractivity contribution in [3.05, 3.63) is 6.42 Å². The minimum absolute atomic E-state index is 0.240. The molecule has 0 saturated carbocycles. The SMILES string of the molecule is O=S1(=O)CCCN1CC(O)CN1[C@@H]2C[CH]C[C@H]1CC2. The predicted octanol–water partition coefficient (Wildman–Crippen LogP) is 0.214. The van der Waals surface area contributed by atoms with E-state index < -0.39 is 16.1 Å². The van der Waals surface area contributed by atoms with Crippen molar-refractivity contribution in [3.8, 4) is 0 Å². The van der Waals surface area contributed by atoms with Crippen LogP contribution in [0.25, 0.3) is 0 Å². The molecule has 0 aromatic heterocycles. The molecule has 5 nitrogen and oxygen atoms in total. The lowest BCUT2D eigenvalue weighted by molar-refractivity contribution is 0.0623. The highest BCUT2D eigenvalue weighted by Gasteiger charge is 2.38. The number of hydrogen-bond donors (Lipinski definition) is 1. The number of aliphatic hydroxyl groups excluding tert-OH is 1. The smallest absolute Gasteiger partial charge is 0.214 e. The van der Waals surface area contributed by atoms with Gasteiger partial charge in [0.1, 0.15) is 0 Å². The van der Waals surface area contributed by atoms with Gasteiger partial charge in [0.05, 0.1) is 11.9 Å². The largest absolute Gasteiger partial charge is 0.390 e. The van der Waals surface area contributed by atoms with Crippen LogP contribution >= 0.6 is 0 Å². The first-order valence-electron chi connectivity index (χ1n) is 7.29. The monoisotopic (exact) mass is 287 g/mol. The summed E-state index contributed by atoms with van der Waals surface area (Å²) in [6, 6.07) is 1.15. The number of β-amino-alcohol motifs (C(OH)–C–C–N with tert-alkyl or cyclic N) is 1. The molecule has 3 heterocycles. The summed E-state index contributed by atoms with van der Waals surface area (Å²) in [6.45, 7) is 1.46. The van der Waals surface area contributed by atoms with Crippen molar-refractivity contribution < 1.29 is 13.5 Å². The lowest BCUT2D eigenvalue weighted by atomic mass is 10.0. The highest BCUT2D eigenvalue weighted by molar-refractivity contribution is 7.89. The Morgan fingerprint density at radius 2 is 1.89 bits per heavy atom. The van der Waals surface area contributed by atoms with Crippen molar-refractivity contribution >= 4 is 10.0 Å². The Morgan fingerprint density at radius 3 is 2.47 bits per heavy atom. The lowest BCUT2D eigenvalue weighted by Crippen LogP contribution is -2.47. The van der Waals surface area contributed by atoms with Crippen LogP contribution in [0.2, 0.25) is 0 Å². The molecule has 3 saturated heterocycles. The van der Waals surface area contributed by atoms with E-state index in [1.54, 1.807) is 0 Å². The third-order valence-electron chi connectivity index (χ3n) is 4.69. The summed E-state index contributed by atoms with van der Waals surface area (Å²) in [7, 11) is -3.09. The molecule has 1 radical (unpaired) electrons. The van der Waals surface area contributed by atoms with Crippen LogP contribution in [0.5, 0.6) is 0 Å². The van der Waals surface area contributed by atoms with E-state index in [1.165, 1.54) is 17.1 Å². The van der Waals surface area contributed by atoms with Crippen LogP contribution in [0.15, 0.2) is 0 Å². The molecule has 0 aromatic carbocycles. The quantitative estimate of drug-likeness (QED) is 0.803. The van der Waals surface area contributed by atoms with E-state index in [9.17, 15) is 13.5 Å². The van der Waals surface area contributed by atoms with Gasteiger partial charge in [0.25, 0.3) is 0 Å². The summed E-state index contributed by atoms with van der Waals surface area (Å²) in [4.78, 5) is 2.40. The molecule has 1 N–H and O–H groups in total. The maximum Gasteiger partial charge on any atom is 0.214 e. The number of rotatable bonds is 4. The molecule has 3 aliphatic rings. The van der Waals surface area contributed by atoms with E-state index in [0.29, 0.717) is 31.6 Å². The van der Waals surface area contributed by atoms with Crippen LogP contribution in [0.4, 0.5) is 0 Å². The normalized spacial score (nSPS) is 36.7. The first-order chi connectivity index (χ1) is 9.06. The average Bonchev–Trinajstić information content (AvgIpc) is 2.77. The predicted molar refractivity (Wildman–Crippen MR) is 73.0 cm³/mol. The molecule has 0 spiro atoms. The number of fused-ring (bicyclic) bond motifs is 2. The zero-order valence-electron chi connectivity index (χ0n) is 11.2. The Labute approximate surface area is 115 Å². The fourth-order valence-electron chi connectivity index (χ4n) is 3.73. The van der Waals surface area contributed by atoms with Crippen molar-refractivity contribution in [1.82, 2.24) is 9.21 Å². The van der Waals surface area contributed by atoms with Crippen molar-refractivity contribution in [1.29, 1.82) is 0 Å². The van der Waals surface area contributed by atoms with Gasteiger partial charge in [-0.25, -0.2) is 8.42 Å². The van der Waals surface area contributed by atoms with Crippen molar-refractivity contribution in [2.24, 2.45) is 0 Å². The Bertz CT molecular complexity index is 410. The van der Waals surface area contributed by atoms with Crippen LogP contribution in [0.1, 0.15) is 32.1 Å². The Balaban J connectivity index is 1.55. The molecule has 3 atom stereocenters. The first-order valence-corrected chi connectivity index (χ1v) is 8.90. The first kappa shape index (κ1) is 13.8. The summed E-state index contributed by atoms with van der Waals surface area (Å²) in [5.74, 6) is 0.240. The Hall–Kier alpha value is -0.170. The van der Waals surface area contributed by atoms with Gasteiger partial charge in [0.15, 0.2) is 0 Å². The number of hydrogen-bond acceptors (Lipinski definition) is 4. The second-order valence-corrected chi connectivity index (χ2v) is 8.11. The van der Waals surface area contributed by atoms with Gasteiger partial charge in [-0.2, -0.15) is 4.31 Å². The van der Waals surface area contributed by atoms with Crippen LogP contribution < -0.4 is 0 Å². The molecular weight excluding hydrogens is 264 g/mol. The number of nitrogens with zero attached hydrogens (tertiary/aromatic N) is 2. The number of sulfonamides is 1. The van der Waals surface area contributed by atoms with Crippen LogP contribution in [-0.4, -0.2) is 66.3 Å². The minimum atomic E-state index is -3.09. The molecule has 109 valence electrons. The molecular formula is C13H23N2O3S.